The number of hydrogen-bond donors (Lipinski definition) is 1. The number of nitrogens with zero attached hydrogens (tertiary/aromatic N) is 1. The lowest BCUT2D eigenvalue weighted by molar-refractivity contribution is -0.119. The first kappa shape index (κ1) is 21.5. The first-order chi connectivity index (χ1) is 14.3. The second kappa shape index (κ2) is 9.09. The maximum Gasteiger partial charge on any atom is 0.338 e. The summed E-state index contributed by atoms with van der Waals surface area (Å²) >= 11 is 1.30. The number of methoxy groups -OCH3 is 1. The normalized spacial score (nSPS) is 11.1. The molecule has 0 saturated heterocycles. The van der Waals surface area contributed by atoms with E-state index in [0.29, 0.717) is 10.7 Å². The first-order valence-electron chi connectivity index (χ1n) is 9.44. The monoisotopic (exact) mass is 424 g/mol. The second-order valence-corrected chi connectivity index (χ2v) is 8.58. The molecule has 6 nitrogen and oxygen atoms in total. The molecule has 1 aromatic heterocycles. The van der Waals surface area contributed by atoms with E-state index in [9.17, 15) is 9.59 Å². The van der Waals surface area contributed by atoms with E-state index in [-0.39, 0.29) is 12.0 Å². The summed E-state index contributed by atoms with van der Waals surface area (Å²) in [6.45, 7) is 5.92. The molecule has 0 spiro atoms. The SMILES string of the molecule is COc1ccc(-c2csc(NC(=O)COC(=O)c3ccc(C(C)(C)C)cc3)n2)cc1. The summed E-state index contributed by atoms with van der Waals surface area (Å²) in [5.74, 6) is -0.216. The molecule has 0 unspecified atom stereocenters. The molecule has 0 radical (unpaired) electrons. The van der Waals surface area contributed by atoms with E-state index in [1.165, 1.54) is 11.3 Å². The number of carbonyl (C=O) groups is 2. The maximum atomic E-state index is 12.2. The van der Waals surface area contributed by atoms with Gasteiger partial charge in [0.15, 0.2) is 11.7 Å². The summed E-state index contributed by atoms with van der Waals surface area (Å²) in [6, 6.07) is 14.7. The van der Waals surface area contributed by atoms with Crippen LogP contribution in [0.1, 0.15) is 36.7 Å². The van der Waals surface area contributed by atoms with E-state index in [0.717, 1.165) is 22.6 Å². The number of hydrogen-bond acceptors (Lipinski definition) is 6. The molecule has 2 aromatic carbocycles. The molecule has 0 aliphatic carbocycles. The molecule has 1 amide bonds. The van der Waals surface area contributed by atoms with Crippen molar-refractivity contribution in [2.45, 2.75) is 26.2 Å². The minimum atomic E-state index is -0.538. The van der Waals surface area contributed by atoms with Crippen LogP contribution in [0.25, 0.3) is 11.3 Å². The fourth-order valence-electron chi connectivity index (χ4n) is 2.70. The number of benzene rings is 2. The van der Waals surface area contributed by atoms with E-state index in [1.54, 1.807) is 19.2 Å². The first-order valence-corrected chi connectivity index (χ1v) is 10.3. The average molecular weight is 425 g/mol. The minimum Gasteiger partial charge on any atom is -0.497 e. The molecule has 3 aromatic rings. The predicted octanol–water partition coefficient (Wildman–Crippen LogP) is 4.91. The van der Waals surface area contributed by atoms with Crippen LogP contribution in [0.15, 0.2) is 53.9 Å². The Morgan fingerprint density at radius 1 is 1.03 bits per heavy atom. The van der Waals surface area contributed by atoms with E-state index in [4.69, 9.17) is 9.47 Å². The van der Waals surface area contributed by atoms with E-state index in [1.807, 2.05) is 41.8 Å². The molecule has 1 N–H and O–H groups in total. The number of nitrogens with one attached hydrogen (secondary N) is 1. The van der Waals surface area contributed by atoms with Gasteiger partial charge in [-0.05, 0) is 47.4 Å². The number of rotatable bonds is 6. The van der Waals surface area contributed by atoms with Crippen LogP contribution in [-0.2, 0) is 14.9 Å². The summed E-state index contributed by atoms with van der Waals surface area (Å²) in [5, 5.41) is 4.95. The summed E-state index contributed by atoms with van der Waals surface area (Å²) in [6.07, 6.45) is 0. The van der Waals surface area contributed by atoms with Gasteiger partial charge in [-0.2, -0.15) is 0 Å². The topological polar surface area (TPSA) is 77.5 Å². The third kappa shape index (κ3) is 5.45. The molecule has 3 rings (SSSR count). The average Bonchev–Trinajstić information content (AvgIpc) is 3.20. The van der Waals surface area contributed by atoms with Crippen molar-refractivity contribution in [2.24, 2.45) is 0 Å². The lowest BCUT2D eigenvalue weighted by atomic mass is 9.87. The third-order valence-electron chi connectivity index (χ3n) is 4.46. The van der Waals surface area contributed by atoms with Crippen LogP contribution in [-0.4, -0.2) is 30.6 Å². The van der Waals surface area contributed by atoms with Gasteiger partial charge in [-0.1, -0.05) is 32.9 Å². The molecule has 0 aliphatic heterocycles. The van der Waals surface area contributed by atoms with Crippen LogP contribution in [0.3, 0.4) is 0 Å². The Morgan fingerprint density at radius 2 is 1.70 bits per heavy atom. The summed E-state index contributed by atoms with van der Waals surface area (Å²) in [5.41, 5.74) is 3.19. The van der Waals surface area contributed by atoms with Gasteiger partial charge in [0.2, 0.25) is 0 Å². The Bertz CT molecular complexity index is 1020. The summed E-state index contributed by atoms with van der Waals surface area (Å²) in [4.78, 5) is 28.7. The van der Waals surface area contributed by atoms with Gasteiger partial charge < -0.3 is 9.47 Å². The standard InChI is InChI=1S/C23H24N2O4S/c1-23(2,3)17-9-5-16(6-10-17)21(27)29-13-20(26)25-22-24-19(14-30-22)15-7-11-18(28-4)12-8-15/h5-12,14H,13H2,1-4H3,(H,24,25,26). The fraction of sp³-hybridized carbons (Fsp3) is 0.261. The number of thiazole rings is 1. The van der Waals surface area contributed by atoms with Crippen molar-refractivity contribution in [1.82, 2.24) is 4.98 Å². The molecule has 7 heteroatoms. The molecular formula is C23H24N2O4S. The van der Waals surface area contributed by atoms with E-state index in [2.05, 4.69) is 31.1 Å². The molecule has 0 atom stereocenters. The van der Waals surface area contributed by atoms with Gasteiger partial charge in [0.05, 0.1) is 18.4 Å². The number of anilines is 1. The van der Waals surface area contributed by atoms with Crippen LogP contribution < -0.4 is 10.1 Å². The van der Waals surface area contributed by atoms with Gasteiger partial charge in [0, 0.05) is 10.9 Å². The molecule has 0 saturated carbocycles. The molecule has 156 valence electrons. The maximum absolute atomic E-state index is 12.2. The third-order valence-corrected chi connectivity index (χ3v) is 5.22. The highest BCUT2D eigenvalue weighted by Gasteiger charge is 2.16. The molecule has 0 aliphatic rings. The van der Waals surface area contributed by atoms with E-state index < -0.39 is 11.9 Å². The van der Waals surface area contributed by atoms with Crippen molar-refractivity contribution in [1.29, 1.82) is 0 Å². The van der Waals surface area contributed by atoms with E-state index >= 15 is 0 Å². The number of ether oxygens (including phenoxy) is 2. The van der Waals surface area contributed by atoms with Gasteiger partial charge >= 0.3 is 5.97 Å². The van der Waals surface area contributed by atoms with Crippen molar-refractivity contribution in [3.8, 4) is 17.0 Å². The van der Waals surface area contributed by atoms with Crippen molar-refractivity contribution in [3.63, 3.8) is 0 Å². The summed E-state index contributed by atoms with van der Waals surface area (Å²) in [7, 11) is 1.61. The largest absolute Gasteiger partial charge is 0.497 e. The second-order valence-electron chi connectivity index (χ2n) is 7.72. The smallest absolute Gasteiger partial charge is 0.338 e. The van der Waals surface area contributed by atoms with Gasteiger partial charge in [-0.3, -0.25) is 10.1 Å². The highest BCUT2D eigenvalue weighted by Crippen LogP contribution is 2.26. The lowest BCUT2D eigenvalue weighted by Crippen LogP contribution is -2.21. The van der Waals surface area contributed by atoms with Gasteiger partial charge in [0.1, 0.15) is 5.75 Å². The lowest BCUT2D eigenvalue weighted by Gasteiger charge is -2.18. The zero-order valence-corrected chi connectivity index (χ0v) is 18.2. The Balaban J connectivity index is 1.53. The van der Waals surface area contributed by atoms with Crippen molar-refractivity contribution >= 4 is 28.3 Å². The number of carbonyl (C=O) groups excluding carboxylic acids is 2. The van der Waals surface area contributed by atoms with Gasteiger partial charge in [-0.15, -0.1) is 11.3 Å². The quantitative estimate of drug-likeness (QED) is 0.569. The van der Waals surface area contributed by atoms with Crippen LogP contribution in [0.2, 0.25) is 0 Å². The van der Waals surface area contributed by atoms with Crippen LogP contribution in [0.5, 0.6) is 5.75 Å². The van der Waals surface area contributed by atoms with Gasteiger partial charge in [-0.25, -0.2) is 9.78 Å². The molecule has 30 heavy (non-hydrogen) atoms. The Labute approximate surface area is 179 Å². The predicted molar refractivity (Wildman–Crippen MR) is 118 cm³/mol. The Hall–Kier alpha value is -3.19. The zero-order chi connectivity index (χ0) is 21.7. The number of esters is 1. The van der Waals surface area contributed by atoms with Crippen LogP contribution in [0.4, 0.5) is 5.13 Å². The van der Waals surface area contributed by atoms with Crippen LogP contribution >= 0.6 is 11.3 Å². The molecule has 0 fully saturated rings. The molecule has 1 heterocycles. The number of amides is 1. The zero-order valence-electron chi connectivity index (χ0n) is 17.4. The van der Waals surface area contributed by atoms with Crippen molar-refractivity contribution in [3.05, 3.63) is 65.0 Å². The summed E-state index contributed by atoms with van der Waals surface area (Å²) < 4.78 is 10.3. The highest BCUT2D eigenvalue weighted by molar-refractivity contribution is 7.14. The Kier molecular flexibility index (Phi) is 6.52. The Morgan fingerprint density at radius 3 is 2.30 bits per heavy atom. The minimum absolute atomic E-state index is 0.000694. The van der Waals surface area contributed by atoms with Crippen molar-refractivity contribution < 1.29 is 19.1 Å². The number of aromatic nitrogens is 1. The molecular weight excluding hydrogens is 400 g/mol. The van der Waals surface area contributed by atoms with Gasteiger partial charge in [0.25, 0.3) is 5.91 Å². The van der Waals surface area contributed by atoms with Crippen molar-refractivity contribution in [2.75, 3.05) is 19.0 Å². The highest BCUT2D eigenvalue weighted by atomic mass is 32.1. The fourth-order valence-corrected chi connectivity index (χ4v) is 3.44. The van der Waals surface area contributed by atoms with Crippen LogP contribution in [0, 0.1) is 0 Å². The molecule has 0 bridgehead atoms.